The van der Waals surface area contributed by atoms with Crippen LogP contribution in [0.2, 0.25) is 5.28 Å². The minimum Gasteiger partial charge on any atom is -0.394 e. The van der Waals surface area contributed by atoms with Gasteiger partial charge in [-0.25, -0.2) is 4.98 Å². The number of hydrogen-bond acceptors (Lipinski definition) is 4. The summed E-state index contributed by atoms with van der Waals surface area (Å²) in [7, 11) is 1.97. The molecule has 0 atom stereocenters. The Hall–Kier alpha value is -1.81. The fourth-order valence-electron chi connectivity index (χ4n) is 2.09. The van der Waals surface area contributed by atoms with Crippen LogP contribution >= 0.6 is 11.6 Å². The predicted molar refractivity (Wildman–Crippen MR) is 84.2 cm³/mol. The summed E-state index contributed by atoms with van der Waals surface area (Å²) in [6.45, 7) is 2.70. The Balaban J connectivity index is 1.97. The summed E-state index contributed by atoms with van der Waals surface area (Å²) >= 11 is 5.89. The van der Waals surface area contributed by atoms with Crippen LogP contribution < -0.4 is 10.6 Å². The van der Waals surface area contributed by atoms with Gasteiger partial charge >= 0.3 is 0 Å². The van der Waals surface area contributed by atoms with Crippen LogP contribution in [0.15, 0.2) is 30.3 Å². The zero-order valence-corrected chi connectivity index (χ0v) is 12.6. The van der Waals surface area contributed by atoms with Crippen molar-refractivity contribution in [2.24, 2.45) is 0 Å². The third-order valence-corrected chi connectivity index (χ3v) is 3.42. The van der Waals surface area contributed by atoms with Crippen LogP contribution in [0.4, 0.5) is 11.5 Å². The highest BCUT2D eigenvalue weighted by atomic mass is 35.5. The topological polar surface area (TPSA) is 55.0 Å². The summed E-state index contributed by atoms with van der Waals surface area (Å²) < 4.78 is 0. The average molecular weight is 291 g/mol. The summed E-state index contributed by atoms with van der Waals surface area (Å²) in [6, 6.07) is 10.4. The van der Waals surface area contributed by atoms with E-state index < -0.39 is 0 Å². The fraction of sp³-hybridized carbons (Fsp3) is 0.333. The van der Waals surface area contributed by atoms with Crippen LogP contribution in [0.1, 0.15) is 17.7 Å². The minimum atomic E-state index is 0.238. The molecule has 4 nitrogen and oxygen atoms in total. The molecule has 0 aliphatic carbocycles. The van der Waals surface area contributed by atoms with Gasteiger partial charge in [-0.15, -0.1) is 0 Å². The van der Waals surface area contributed by atoms with Crippen molar-refractivity contribution in [3.63, 3.8) is 0 Å². The smallest absolute Gasteiger partial charge is 0.224 e. The summed E-state index contributed by atoms with van der Waals surface area (Å²) in [5, 5.41) is 0.238. The van der Waals surface area contributed by atoms with Gasteiger partial charge < -0.3 is 10.6 Å². The largest absolute Gasteiger partial charge is 0.394 e. The maximum Gasteiger partial charge on any atom is 0.224 e. The zero-order valence-electron chi connectivity index (χ0n) is 11.8. The quantitative estimate of drug-likeness (QED) is 0.860. The molecular formula is C15H19ClN4. The number of nitrogen functional groups attached to an aromatic ring is 1. The van der Waals surface area contributed by atoms with Gasteiger partial charge in [-0.05, 0) is 36.9 Å². The molecule has 2 aromatic rings. The molecule has 0 fully saturated rings. The third kappa shape index (κ3) is 3.61. The third-order valence-electron chi connectivity index (χ3n) is 3.25. The number of hydrogen-bond donors (Lipinski definition) is 1. The SMILES string of the molecule is Cc1nc(Cl)nc(N(C)CCCc2ccccc2)c1N. The Morgan fingerprint density at radius 1 is 1.20 bits per heavy atom. The first-order chi connectivity index (χ1) is 9.58. The standard InChI is InChI=1S/C15H19ClN4/c1-11-13(17)14(19-15(16)18-11)20(2)10-6-9-12-7-4-3-5-8-12/h3-5,7-8H,6,9-10,17H2,1-2H3. The van der Waals surface area contributed by atoms with Gasteiger partial charge in [0.15, 0.2) is 5.82 Å². The molecule has 0 amide bonds. The summed E-state index contributed by atoms with van der Waals surface area (Å²) in [5.41, 5.74) is 8.66. The van der Waals surface area contributed by atoms with Crippen molar-refractivity contribution in [1.82, 2.24) is 9.97 Å². The molecule has 0 aliphatic rings. The van der Waals surface area contributed by atoms with E-state index in [1.807, 2.05) is 24.9 Å². The predicted octanol–water partition coefficient (Wildman–Crippen LogP) is 3.09. The van der Waals surface area contributed by atoms with Crippen molar-refractivity contribution >= 4 is 23.1 Å². The number of anilines is 2. The molecule has 1 heterocycles. The van der Waals surface area contributed by atoms with E-state index in [1.165, 1.54) is 5.56 Å². The summed E-state index contributed by atoms with van der Waals surface area (Å²) in [5.74, 6) is 0.704. The average Bonchev–Trinajstić information content (AvgIpc) is 2.44. The molecule has 2 rings (SSSR count). The molecule has 0 saturated heterocycles. The van der Waals surface area contributed by atoms with Gasteiger partial charge in [0.25, 0.3) is 0 Å². The second kappa shape index (κ2) is 6.57. The zero-order chi connectivity index (χ0) is 14.5. The van der Waals surface area contributed by atoms with Crippen molar-refractivity contribution in [2.45, 2.75) is 19.8 Å². The lowest BCUT2D eigenvalue weighted by Gasteiger charge is -2.20. The molecule has 0 bridgehead atoms. The number of aryl methyl sites for hydroxylation is 2. The van der Waals surface area contributed by atoms with Crippen molar-refractivity contribution in [2.75, 3.05) is 24.2 Å². The molecule has 0 spiro atoms. The summed E-state index contributed by atoms with van der Waals surface area (Å²) in [6.07, 6.45) is 2.06. The van der Waals surface area contributed by atoms with E-state index in [4.69, 9.17) is 17.3 Å². The molecule has 0 radical (unpaired) electrons. The van der Waals surface area contributed by atoms with Gasteiger partial charge in [0.1, 0.15) is 0 Å². The Bertz CT molecular complexity index is 572. The van der Waals surface area contributed by atoms with Crippen LogP contribution in [-0.2, 0) is 6.42 Å². The van der Waals surface area contributed by atoms with E-state index in [2.05, 4.69) is 34.2 Å². The molecule has 0 unspecified atom stereocenters. The van der Waals surface area contributed by atoms with Crippen LogP contribution in [0.3, 0.4) is 0 Å². The van der Waals surface area contributed by atoms with Crippen molar-refractivity contribution in [3.05, 3.63) is 46.9 Å². The highest BCUT2D eigenvalue weighted by Gasteiger charge is 2.11. The molecule has 2 N–H and O–H groups in total. The van der Waals surface area contributed by atoms with Crippen molar-refractivity contribution < 1.29 is 0 Å². The van der Waals surface area contributed by atoms with Gasteiger partial charge in [0, 0.05) is 13.6 Å². The lowest BCUT2D eigenvalue weighted by Crippen LogP contribution is -2.22. The van der Waals surface area contributed by atoms with E-state index >= 15 is 0 Å². The first-order valence-corrected chi connectivity index (χ1v) is 7.00. The normalized spacial score (nSPS) is 10.6. The van der Waals surface area contributed by atoms with E-state index in [0.29, 0.717) is 11.5 Å². The van der Waals surface area contributed by atoms with Crippen molar-refractivity contribution in [1.29, 1.82) is 0 Å². The monoisotopic (exact) mass is 290 g/mol. The van der Waals surface area contributed by atoms with Gasteiger partial charge in [0.2, 0.25) is 5.28 Å². The molecule has 20 heavy (non-hydrogen) atoms. The first-order valence-electron chi connectivity index (χ1n) is 6.62. The Morgan fingerprint density at radius 2 is 1.90 bits per heavy atom. The van der Waals surface area contributed by atoms with Crippen LogP contribution in [0, 0.1) is 6.92 Å². The Morgan fingerprint density at radius 3 is 2.60 bits per heavy atom. The second-order valence-corrected chi connectivity index (χ2v) is 5.16. The lowest BCUT2D eigenvalue weighted by molar-refractivity contribution is 0.776. The molecule has 1 aromatic heterocycles. The molecule has 106 valence electrons. The lowest BCUT2D eigenvalue weighted by atomic mass is 10.1. The number of rotatable bonds is 5. The maximum atomic E-state index is 6.01. The van der Waals surface area contributed by atoms with Gasteiger partial charge in [-0.3, -0.25) is 0 Å². The Kier molecular flexibility index (Phi) is 4.79. The van der Waals surface area contributed by atoms with Gasteiger partial charge in [-0.2, -0.15) is 4.98 Å². The van der Waals surface area contributed by atoms with Crippen LogP contribution in [0.25, 0.3) is 0 Å². The van der Waals surface area contributed by atoms with E-state index in [-0.39, 0.29) is 5.28 Å². The van der Waals surface area contributed by atoms with Crippen LogP contribution in [-0.4, -0.2) is 23.6 Å². The van der Waals surface area contributed by atoms with Crippen LogP contribution in [0.5, 0.6) is 0 Å². The summed E-state index contributed by atoms with van der Waals surface area (Å²) in [4.78, 5) is 10.3. The highest BCUT2D eigenvalue weighted by molar-refractivity contribution is 6.28. The van der Waals surface area contributed by atoms with E-state index in [1.54, 1.807) is 0 Å². The maximum absolute atomic E-state index is 6.01. The number of nitrogens with zero attached hydrogens (tertiary/aromatic N) is 3. The number of nitrogens with two attached hydrogens (primary N) is 1. The minimum absolute atomic E-state index is 0.238. The Labute approximate surface area is 124 Å². The molecular weight excluding hydrogens is 272 g/mol. The fourth-order valence-corrected chi connectivity index (χ4v) is 2.30. The number of benzene rings is 1. The first kappa shape index (κ1) is 14.6. The molecule has 1 aromatic carbocycles. The van der Waals surface area contributed by atoms with Crippen molar-refractivity contribution in [3.8, 4) is 0 Å². The molecule has 5 heteroatoms. The molecule has 0 aliphatic heterocycles. The van der Waals surface area contributed by atoms with Gasteiger partial charge in [-0.1, -0.05) is 30.3 Å². The van der Waals surface area contributed by atoms with Gasteiger partial charge in [0.05, 0.1) is 11.4 Å². The highest BCUT2D eigenvalue weighted by Crippen LogP contribution is 2.23. The number of aromatic nitrogens is 2. The van der Waals surface area contributed by atoms with E-state index in [9.17, 15) is 0 Å². The second-order valence-electron chi connectivity index (χ2n) is 4.83. The number of halogens is 1. The van der Waals surface area contributed by atoms with E-state index in [0.717, 1.165) is 25.1 Å². The molecule has 0 saturated carbocycles.